The number of carbonyl (C=O) groups is 1. The quantitative estimate of drug-likeness (QED) is 0.298. The fourth-order valence-electron chi connectivity index (χ4n) is 6.56. The van der Waals surface area contributed by atoms with E-state index < -0.39 is 51.4 Å². The van der Waals surface area contributed by atoms with Crippen LogP contribution in [0.5, 0.6) is 0 Å². The van der Waals surface area contributed by atoms with E-state index >= 15 is 4.39 Å². The van der Waals surface area contributed by atoms with Crippen molar-refractivity contribution >= 4 is 21.6 Å². The molecule has 2 aliphatic heterocycles. The highest BCUT2D eigenvalue weighted by Gasteiger charge is 2.38. The predicted molar refractivity (Wildman–Crippen MR) is 166 cm³/mol. The smallest absolute Gasteiger partial charge is 0.243 e. The largest absolute Gasteiger partial charge is 0.381 e. The van der Waals surface area contributed by atoms with Crippen LogP contribution in [-0.2, 0) is 26.0 Å². The van der Waals surface area contributed by atoms with Crippen molar-refractivity contribution < 1.29 is 31.1 Å². The van der Waals surface area contributed by atoms with E-state index in [-0.39, 0.29) is 34.5 Å². The zero-order valence-electron chi connectivity index (χ0n) is 25.1. The Labute approximate surface area is 262 Å². The molecule has 3 aromatic carbocycles. The van der Waals surface area contributed by atoms with Crippen molar-refractivity contribution in [1.29, 1.82) is 0 Å². The summed E-state index contributed by atoms with van der Waals surface area (Å²) in [4.78, 5) is 13.8. The number of amides is 1. The molecule has 12 heteroatoms. The fourth-order valence-corrected chi connectivity index (χ4v) is 8.43. The second kappa shape index (κ2) is 14.4. The first-order valence-corrected chi connectivity index (χ1v) is 16.7. The molecule has 45 heavy (non-hydrogen) atoms. The van der Waals surface area contributed by atoms with Crippen LogP contribution in [0.2, 0.25) is 0 Å². The third-order valence-electron chi connectivity index (χ3n) is 8.83. The number of sulfonamides is 1. The van der Waals surface area contributed by atoms with Crippen molar-refractivity contribution in [2.45, 2.75) is 61.5 Å². The van der Waals surface area contributed by atoms with Gasteiger partial charge in [-0.05, 0) is 80.5 Å². The molecule has 0 bridgehead atoms. The van der Waals surface area contributed by atoms with Crippen LogP contribution in [0.4, 0.5) is 18.9 Å². The normalized spacial score (nSPS) is 21.3. The number of piperazine rings is 1. The summed E-state index contributed by atoms with van der Waals surface area (Å²) in [6.07, 6.45) is 1.61. The topological polar surface area (TPSA) is 114 Å². The third kappa shape index (κ3) is 7.41. The Bertz CT molecular complexity index is 1590. The lowest BCUT2D eigenvalue weighted by molar-refractivity contribution is -0.118. The van der Waals surface area contributed by atoms with Crippen molar-refractivity contribution in [3.05, 3.63) is 95.3 Å². The second-order valence-electron chi connectivity index (χ2n) is 11.8. The number of halogens is 3. The molecule has 8 nitrogen and oxygen atoms in total. The minimum atomic E-state index is -3.81. The molecule has 1 unspecified atom stereocenters. The summed E-state index contributed by atoms with van der Waals surface area (Å²) >= 11 is 0. The van der Waals surface area contributed by atoms with Crippen molar-refractivity contribution in [3.8, 4) is 0 Å². The number of hydrogen-bond acceptors (Lipinski definition) is 6. The Hall–Kier alpha value is -3.29. The predicted octanol–water partition coefficient (Wildman–Crippen LogP) is 4.56. The summed E-state index contributed by atoms with van der Waals surface area (Å²) in [6, 6.07) is 14.1. The molecule has 242 valence electrons. The third-order valence-corrected chi connectivity index (χ3v) is 10.9. The van der Waals surface area contributed by atoms with Crippen LogP contribution in [-0.4, -0.2) is 63.1 Å². The van der Waals surface area contributed by atoms with Crippen molar-refractivity contribution in [1.82, 2.24) is 9.62 Å². The maximum atomic E-state index is 15.3. The number of ether oxygens (including phenoxy) is 1. The average Bonchev–Trinajstić information content (AvgIpc) is 3.03. The van der Waals surface area contributed by atoms with Gasteiger partial charge in [-0.15, -0.1) is 0 Å². The SMILES string of the molecule is C[C@H]1CNC[C@H](CCc2c(F)cccc2NC(=O)[C@@H](N)C(c2ccc(F)c(F)c2)C2CCOCC2)N1S(=O)(=O)c1ccccc1. The van der Waals surface area contributed by atoms with Crippen LogP contribution >= 0.6 is 0 Å². The first-order valence-electron chi connectivity index (χ1n) is 15.2. The van der Waals surface area contributed by atoms with E-state index in [1.54, 1.807) is 36.4 Å². The molecule has 2 saturated heterocycles. The molecule has 2 heterocycles. The van der Waals surface area contributed by atoms with Gasteiger partial charge in [-0.1, -0.05) is 30.3 Å². The molecular formula is C33H39F3N4O4S. The van der Waals surface area contributed by atoms with E-state index in [4.69, 9.17) is 10.5 Å². The van der Waals surface area contributed by atoms with E-state index in [0.29, 0.717) is 51.1 Å². The Morgan fingerprint density at radius 1 is 1.00 bits per heavy atom. The molecule has 0 saturated carbocycles. The van der Waals surface area contributed by atoms with Crippen LogP contribution < -0.4 is 16.4 Å². The molecule has 4 N–H and O–H groups in total. The molecule has 4 atom stereocenters. The highest BCUT2D eigenvalue weighted by Crippen LogP contribution is 2.36. The van der Waals surface area contributed by atoms with Gasteiger partial charge in [-0.25, -0.2) is 21.6 Å². The number of rotatable bonds is 10. The standard InChI is InChI=1S/C33H39F3N4O4S/c1-21-19-38-20-24(40(21)45(42,43)25-6-3-2-4-7-25)11-12-26-27(34)8-5-9-30(26)39-33(41)32(37)31(22-14-16-44-17-15-22)23-10-13-28(35)29(36)18-23/h2-10,13,18,21-22,24,31-32,38H,11-12,14-17,19-20,37H2,1H3,(H,39,41)/t21-,24-,31?,32-/m0/s1. The maximum Gasteiger partial charge on any atom is 0.243 e. The lowest BCUT2D eigenvalue weighted by atomic mass is 9.76. The Morgan fingerprint density at radius 2 is 1.73 bits per heavy atom. The van der Waals surface area contributed by atoms with E-state index in [1.807, 2.05) is 6.92 Å². The van der Waals surface area contributed by atoms with Gasteiger partial charge in [0.05, 0.1) is 10.9 Å². The zero-order chi connectivity index (χ0) is 32.1. The number of carbonyl (C=O) groups excluding carboxylic acids is 1. The summed E-state index contributed by atoms with van der Waals surface area (Å²) in [6.45, 7) is 3.61. The molecule has 0 aliphatic carbocycles. The second-order valence-corrected chi connectivity index (χ2v) is 13.6. The highest BCUT2D eigenvalue weighted by molar-refractivity contribution is 7.89. The summed E-state index contributed by atoms with van der Waals surface area (Å²) in [7, 11) is -3.81. The molecule has 0 aromatic heterocycles. The van der Waals surface area contributed by atoms with Crippen LogP contribution in [0.15, 0.2) is 71.6 Å². The van der Waals surface area contributed by atoms with Gasteiger partial charge in [0.2, 0.25) is 15.9 Å². The van der Waals surface area contributed by atoms with E-state index in [2.05, 4.69) is 10.6 Å². The number of benzene rings is 3. The van der Waals surface area contributed by atoms with Gasteiger partial charge >= 0.3 is 0 Å². The van der Waals surface area contributed by atoms with Gasteiger partial charge in [-0.2, -0.15) is 4.31 Å². The van der Waals surface area contributed by atoms with Gasteiger partial charge in [0.25, 0.3) is 0 Å². The fraction of sp³-hybridized carbons (Fsp3) is 0.424. The molecule has 1 amide bonds. The zero-order valence-corrected chi connectivity index (χ0v) is 25.9. The van der Waals surface area contributed by atoms with Gasteiger partial charge in [0.1, 0.15) is 5.82 Å². The molecule has 2 fully saturated rings. The summed E-state index contributed by atoms with van der Waals surface area (Å²) < 4.78 is 77.5. The molecule has 3 aromatic rings. The Kier molecular flexibility index (Phi) is 10.6. The number of hydrogen-bond donors (Lipinski definition) is 3. The van der Waals surface area contributed by atoms with E-state index in [9.17, 15) is 22.0 Å². The average molecular weight is 645 g/mol. The van der Waals surface area contributed by atoms with Crippen molar-refractivity contribution in [2.24, 2.45) is 11.7 Å². The molecule has 5 rings (SSSR count). The summed E-state index contributed by atoms with van der Waals surface area (Å²) in [5.41, 5.74) is 7.38. The summed E-state index contributed by atoms with van der Waals surface area (Å²) in [5.74, 6) is -3.91. The Morgan fingerprint density at radius 3 is 2.44 bits per heavy atom. The number of nitrogens with two attached hydrogens (primary N) is 1. The Balaban J connectivity index is 1.36. The monoisotopic (exact) mass is 644 g/mol. The maximum absolute atomic E-state index is 15.3. The number of anilines is 1. The van der Waals surface area contributed by atoms with Crippen molar-refractivity contribution in [3.63, 3.8) is 0 Å². The van der Waals surface area contributed by atoms with Crippen LogP contribution in [0.25, 0.3) is 0 Å². The minimum Gasteiger partial charge on any atom is -0.381 e. The molecule has 0 spiro atoms. The van der Waals surface area contributed by atoms with Crippen LogP contribution in [0, 0.1) is 23.4 Å². The van der Waals surface area contributed by atoms with Crippen LogP contribution in [0.3, 0.4) is 0 Å². The summed E-state index contributed by atoms with van der Waals surface area (Å²) in [5, 5.41) is 6.05. The number of nitrogens with one attached hydrogen (secondary N) is 2. The van der Waals surface area contributed by atoms with Gasteiger partial charge in [0, 0.05) is 55.6 Å². The molecular weight excluding hydrogens is 605 g/mol. The first kappa shape index (κ1) is 33.1. The van der Waals surface area contributed by atoms with Crippen LogP contribution in [0.1, 0.15) is 43.2 Å². The van der Waals surface area contributed by atoms with Gasteiger partial charge < -0.3 is 21.1 Å². The van der Waals surface area contributed by atoms with Crippen molar-refractivity contribution in [2.75, 3.05) is 31.6 Å². The van der Waals surface area contributed by atoms with E-state index in [0.717, 1.165) is 12.1 Å². The van der Waals surface area contributed by atoms with Gasteiger partial charge in [0.15, 0.2) is 11.6 Å². The molecule has 0 radical (unpaired) electrons. The lowest BCUT2D eigenvalue weighted by Crippen LogP contribution is -2.58. The van der Waals surface area contributed by atoms with Gasteiger partial charge in [-0.3, -0.25) is 4.79 Å². The molecule has 2 aliphatic rings. The van der Waals surface area contributed by atoms with E-state index in [1.165, 1.54) is 22.5 Å². The number of nitrogens with zero attached hydrogens (tertiary/aromatic N) is 1. The first-order chi connectivity index (χ1) is 21.6. The highest BCUT2D eigenvalue weighted by atomic mass is 32.2. The lowest BCUT2D eigenvalue weighted by Gasteiger charge is -2.40. The minimum absolute atomic E-state index is 0.116.